The van der Waals surface area contributed by atoms with Gasteiger partial charge >= 0.3 is 0 Å². The van der Waals surface area contributed by atoms with E-state index in [2.05, 4.69) is 11.3 Å². The quantitative estimate of drug-likeness (QED) is 0.509. The molecule has 0 bridgehead atoms. The fourth-order valence-corrected chi connectivity index (χ4v) is 0.815. The number of hydrogen-bond acceptors (Lipinski definition) is 4. The fourth-order valence-electron chi connectivity index (χ4n) is 0.815. The molecule has 4 nitrogen and oxygen atoms in total. The Bertz CT molecular complexity index is 145. The standard InChI is InChI=1S/C6H10O4/c1-3-4(7)5(8)6(9-2)10-3/h4-8H,1H2,2H3/t4-,5-,6-/m1/s1. The van der Waals surface area contributed by atoms with Gasteiger partial charge in [-0.1, -0.05) is 6.58 Å². The number of ether oxygens (including phenoxy) is 2. The molecule has 10 heavy (non-hydrogen) atoms. The highest BCUT2D eigenvalue weighted by Crippen LogP contribution is 2.22. The summed E-state index contributed by atoms with van der Waals surface area (Å²) in [6.45, 7) is 3.37. The Morgan fingerprint density at radius 2 is 2.20 bits per heavy atom. The molecule has 1 heterocycles. The Balaban J connectivity index is 2.61. The molecule has 0 spiro atoms. The summed E-state index contributed by atoms with van der Waals surface area (Å²) >= 11 is 0. The first kappa shape index (κ1) is 7.53. The van der Waals surface area contributed by atoms with E-state index >= 15 is 0 Å². The van der Waals surface area contributed by atoms with Gasteiger partial charge in [-0.2, -0.15) is 0 Å². The van der Waals surface area contributed by atoms with Crippen LogP contribution < -0.4 is 0 Å². The van der Waals surface area contributed by atoms with Crippen LogP contribution in [0.3, 0.4) is 0 Å². The summed E-state index contributed by atoms with van der Waals surface area (Å²) < 4.78 is 9.49. The predicted octanol–water partition coefficient (Wildman–Crippen LogP) is -0.775. The zero-order chi connectivity index (χ0) is 7.72. The molecule has 58 valence electrons. The van der Waals surface area contributed by atoms with Crippen molar-refractivity contribution >= 4 is 0 Å². The molecule has 0 aromatic carbocycles. The molecule has 1 rings (SSSR count). The molecule has 0 amide bonds. The lowest BCUT2D eigenvalue weighted by atomic mass is 10.2. The van der Waals surface area contributed by atoms with Crippen LogP contribution in [0.15, 0.2) is 12.3 Å². The maximum atomic E-state index is 9.07. The van der Waals surface area contributed by atoms with Crippen molar-refractivity contribution in [2.45, 2.75) is 18.5 Å². The van der Waals surface area contributed by atoms with Gasteiger partial charge < -0.3 is 19.7 Å². The fraction of sp³-hybridized carbons (Fsp3) is 0.667. The highest BCUT2D eigenvalue weighted by molar-refractivity contribution is 5.03. The molecule has 1 aliphatic rings. The van der Waals surface area contributed by atoms with Crippen molar-refractivity contribution in [3.63, 3.8) is 0 Å². The monoisotopic (exact) mass is 146 g/mol. The average molecular weight is 146 g/mol. The third-order valence-electron chi connectivity index (χ3n) is 1.43. The summed E-state index contributed by atoms with van der Waals surface area (Å²) in [5.74, 6) is 0.152. The Labute approximate surface area is 58.7 Å². The van der Waals surface area contributed by atoms with E-state index in [1.807, 2.05) is 0 Å². The molecule has 1 fully saturated rings. The minimum Gasteiger partial charge on any atom is -0.464 e. The molecule has 3 atom stereocenters. The Hall–Kier alpha value is -0.580. The highest BCUT2D eigenvalue weighted by Gasteiger charge is 2.38. The van der Waals surface area contributed by atoms with Gasteiger partial charge in [-0.05, 0) is 0 Å². The van der Waals surface area contributed by atoms with Gasteiger partial charge in [0.05, 0.1) is 0 Å². The van der Waals surface area contributed by atoms with Crippen LogP contribution in [0.5, 0.6) is 0 Å². The van der Waals surface area contributed by atoms with Crippen LogP contribution in [-0.2, 0) is 9.47 Å². The molecule has 0 radical (unpaired) electrons. The SMILES string of the molecule is C=C1O[C@@H](OC)[C@H](O)[C@@H]1O. The summed E-state index contributed by atoms with van der Waals surface area (Å²) in [7, 11) is 1.39. The third-order valence-corrected chi connectivity index (χ3v) is 1.43. The summed E-state index contributed by atoms with van der Waals surface area (Å²) in [6, 6.07) is 0. The smallest absolute Gasteiger partial charge is 0.228 e. The summed E-state index contributed by atoms with van der Waals surface area (Å²) in [5.41, 5.74) is 0. The number of rotatable bonds is 1. The maximum absolute atomic E-state index is 9.07. The van der Waals surface area contributed by atoms with E-state index in [1.165, 1.54) is 7.11 Å². The molecular formula is C6H10O4. The topological polar surface area (TPSA) is 58.9 Å². The summed E-state index contributed by atoms with van der Waals surface area (Å²) in [5, 5.41) is 18.1. The first-order valence-corrected chi connectivity index (χ1v) is 2.91. The van der Waals surface area contributed by atoms with Gasteiger partial charge in [-0.15, -0.1) is 0 Å². The van der Waals surface area contributed by atoms with Gasteiger partial charge in [-0.3, -0.25) is 0 Å². The second-order valence-electron chi connectivity index (χ2n) is 2.12. The second-order valence-corrected chi connectivity index (χ2v) is 2.12. The van der Waals surface area contributed by atoms with Gasteiger partial charge in [0.15, 0.2) is 0 Å². The van der Waals surface area contributed by atoms with Gasteiger partial charge in [0.25, 0.3) is 0 Å². The highest BCUT2D eigenvalue weighted by atomic mass is 16.7. The summed E-state index contributed by atoms with van der Waals surface area (Å²) in [4.78, 5) is 0. The van der Waals surface area contributed by atoms with E-state index in [0.29, 0.717) is 0 Å². The molecule has 0 aliphatic carbocycles. The number of aliphatic hydroxyl groups is 2. The largest absolute Gasteiger partial charge is 0.464 e. The molecule has 0 aromatic heterocycles. The van der Waals surface area contributed by atoms with E-state index < -0.39 is 18.5 Å². The van der Waals surface area contributed by atoms with Gasteiger partial charge in [0, 0.05) is 7.11 Å². The second kappa shape index (κ2) is 2.57. The molecule has 0 aromatic rings. The van der Waals surface area contributed by atoms with Crippen molar-refractivity contribution in [1.82, 2.24) is 0 Å². The number of methoxy groups -OCH3 is 1. The van der Waals surface area contributed by atoms with Crippen molar-refractivity contribution in [3.05, 3.63) is 12.3 Å². The van der Waals surface area contributed by atoms with Gasteiger partial charge in [0.1, 0.15) is 18.0 Å². The van der Waals surface area contributed by atoms with Gasteiger partial charge in [-0.25, -0.2) is 0 Å². The van der Waals surface area contributed by atoms with E-state index in [9.17, 15) is 0 Å². The maximum Gasteiger partial charge on any atom is 0.228 e. The van der Waals surface area contributed by atoms with Crippen molar-refractivity contribution in [1.29, 1.82) is 0 Å². The van der Waals surface area contributed by atoms with E-state index in [0.717, 1.165) is 0 Å². The van der Waals surface area contributed by atoms with Crippen LogP contribution in [0.1, 0.15) is 0 Å². The van der Waals surface area contributed by atoms with Crippen LogP contribution in [0.4, 0.5) is 0 Å². The molecule has 4 heteroatoms. The molecule has 2 N–H and O–H groups in total. The Morgan fingerprint density at radius 1 is 1.60 bits per heavy atom. The molecule has 1 aliphatic heterocycles. The van der Waals surface area contributed by atoms with Crippen LogP contribution in [0.2, 0.25) is 0 Å². The van der Waals surface area contributed by atoms with Gasteiger partial charge in [0.2, 0.25) is 6.29 Å². The minimum absolute atomic E-state index is 0.152. The normalized spacial score (nSPS) is 39.9. The van der Waals surface area contributed by atoms with E-state index in [1.54, 1.807) is 0 Å². The minimum atomic E-state index is -1.02. The number of hydrogen-bond donors (Lipinski definition) is 2. The first-order valence-electron chi connectivity index (χ1n) is 2.91. The average Bonchev–Trinajstić information content (AvgIpc) is 2.17. The molecule has 0 unspecified atom stereocenters. The van der Waals surface area contributed by atoms with E-state index in [-0.39, 0.29) is 5.76 Å². The Morgan fingerprint density at radius 3 is 2.40 bits per heavy atom. The predicted molar refractivity (Wildman–Crippen MR) is 33.0 cm³/mol. The number of aliphatic hydroxyl groups excluding tert-OH is 2. The zero-order valence-electron chi connectivity index (χ0n) is 5.65. The van der Waals surface area contributed by atoms with Crippen LogP contribution >= 0.6 is 0 Å². The first-order chi connectivity index (χ1) is 4.66. The molecule has 1 saturated heterocycles. The lowest BCUT2D eigenvalue weighted by Gasteiger charge is -2.10. The molecular weight excluding hydrogens is 136 g/mol. The van der Waals surface area contributed by atoms with Crippen LogP contribution in [-0.4, -0.2) is 35.8 Å². The lowest BCUT2D eigenvalue weighted by Crippen LogP contribution is -2.30. The van der Waals surface area contributed by atoms with Crippen molar-refractivity contribution in [3.8, 4) is 0 Å². The van der Waals surface area contributed by atoms with Crippen molar-refractivity contribution < 1.29 is 19.7 Å². The lowest BCUT2D eigenvalue weighted by molar-refractivity contribution is -0.126. The van der Waals surface area contributed by atoms with Crippen LogP contribution in [0, 0.1) is 0 Å². The van der Waals surface area contributed by atoms with Crippen LogP contribution in [0.25, 0.3) is 0 Å². The van der Waals surface area contributed by atoms with E-state index in [4.69, 9.17) is 14.9 Å². The van der Waals surface area contributed by atoms with Crippen molar-refractivity contribution in [2.75, 3.05) is 7.11 Å². The summed E-state index contributed by atoms with van der Waals surface area (Å²) in [6.07, 6.45) is -2.81. The third kappa shape index (κ3) is 1.01. The Kier molecular flexibility index (Phi) is 1.94. The zero-order valence-corrected chi connectivity index (χ0v) is 5.65. The molecule has 0 saturated carbocycles. The van der Waals surface area contributed by atoms with Crippen molar-refractivity contribution in [2.24, 2.45) is 0 Å².